The van der Waals surface area contributed by atoms with Crippen LogP contribution in [0.3, 0.4) is 0 Å². The summed E-state index contributed by atoms with van der Waals surface area (Å²) in [5.41, 5.74) is 0. The minimum Gasteiger partial charge on any atom is -0.480 e. The van der Waals surface area contributed by atoms with Crippen molar-refractivity contribution in [1.82, 2.24) is 15.1 Å². The van der Waals surface area contributed by atoms with Crippen molar-refractivity contribution in [3.63, 3.8) is 0 Å². The molecular weight excluding hydrogens is 275 g/mol. The first-order chi connectivity index (χ1) is 9.17. The van der Waals surface area contributed by atoms with E-state index in [1.165, 1.54) is 4.90 Å². The summed E-state index contributed by atoms with van der Waals surface area (Å²) in [6.07, 6.45) is -4.18. The predicted molar refractivity (Wildman–Crippen MR) is 68.6 cm³/mol. The van der Waals surface area contributed by atoms with Gasteiger partial charge in [-0.3, -0.25) is 14.6 Å². The van der Waals surface area contributed by atoms with Crippen LogP contribution in [-0.4, -0.2) is 78.4 Å². The van der Waals surface area contributed by atoms with Gasteiger partial charge in [0.1, 0.15) is 6.04 Å². The first kappa shape index (κ1) is 17.2. The summed E-state index contributed by atoms with van der Waals surface area (Å²) in [5.74, 6) is -0.934. The highest BCUT2D eigenvalue weighted by molar-refractivity contribution is 5.73. The Morgan fingerprint density at radius 3 is 2.10 bits per heavy atom. The minimum atomic E-state index is -4.18. The van der Waals surface area contributed by atoms with Crippen molar-refractivity contribution < 1.29 is 23.1 Å². The largest absolute Gasteiger partial charge is 0.480 e. The SMILES string of the molecule is CC(C)NC(CN1CCN(CC(F)(F)F)CC1)C(=O)O. The number of hydrogen-bond acceptors (Lipinski definition) is 4. The maximum absolute atomic E-state index is 12.3. The number of rotatable bonds is 6. The monoisotopic (exact) mass is 297 g/mol. The number of carboxylic acid groups (broad SMARTS) is 1. The standard InChI is InChI=1S/C12H22F3N3O2/c1-9(2)16-10(11(19)20)7-17-3-5-18(6-4-17)8-12(13,14)15/h9-10,16H,3-8H2,1-2H3,(H,19,20). The molecule has 0 aromatic heterocycles. The quantitative estimate of drug-likeness (QED) is 0.753. The van der Waals surface area contributed by atoms with Crippen LogP contribution in [0.15, 0.2) is 0 Å². The fourth-order valence-electron chi connectivity index (χ4n) is 2.25. The molecule has 0 saturated carbocycles. The van der Waals surface area contributed by atoms with Crippen LogP contribution in [0.5, 0.6) is 0 Å². The lowest BCUT2D eigenvalue weighted by Gasteiger charge is -2.36. The molecule has 118 valence electrons. The molecule has 8 heteroatoms. The smallest absolute Gasteiger partial charge is 0.401 e. The van der Waals surface area contributed by atoms with E-state index in [0.29, 0.717) is 32.7 Å². The molecule has 1 saturated heterocycles. The third-order valence-electron chi connectivity index (χ3n) is 3.14. The van der Waals surface area contributed by atoms with Gasteiger partial charge in [-0.15, -0.1) is 0 Å². The highest BCUT2D eigenvalue weighted by Crippen LogP contribution is 2.17. The Balaban J connectivity index is 2.39. The summed E-state index contributed by atoms with van der Waals surface area (Å²) in [7, 11) is 0. The van der Waals surface area contributed by atoms with Gasteiger partial charge in [-0.1, -0.05) is 13.8 Å². The van der Waals surface area contributed by atoms with Gasteiger partial charge in [-0.2, -0.15) is 13.2 Å². The maximum atomic E-state index is 12.3. The summed E-state index contributed by atoms with van der Waals surface area (Å²) in [5, 5.41) is 12.1. The molecule has 1 atom stereocenters. The average Bonchev–Trinajstić information content (AvgIpc) is 2.28. The zero-order valence-corrected chi connectivity index (χ0v) is 11.8. The summed E-state index contributed by atoms with van der Waals surface area (Å²) in [6, 6.07) is -0.646. The third-order valence-corrected chi connectivity index (χ3v) is 3.14. The van der Waals surface area contributed by atoms with Crippen molar-refractivity contribution in [3.05, 3.63) is 0 Å². The Labute approximate surface area is 116 Å². The lowest BCUT2D eigenvalue weighted by molar-refractivity contribution is -0.149. The van der Waals surface area contributed by atoms with Crippen LogP contribution in [0.25, 0.3) is 0 Å². The third kappa shape index (κ3) is 6.53. The van der Waals surface area contributed by atoms with Gasteiger partial charge in [0, 0.05) is 38.8 Å². The predicted octanol–water partition coefficient (Wildman–Crippen LogP) is 0.618. The van der Waals surface area contributed by atoms with Gasteiger partial charge < -0.3 is 10.4 Å². The van der Waals surface area contributed by atoms with Gasteiger partial charge in [0.25, 0.3) is 0 Å². The molecule has 0 spiro atoms. The number of nitrogens with zero attached hydrogens (tertiary/aromatic N) is 2. The van der Waals surface area contributed by atoms with E-state index in [1.807, 2.05) is 18.7 Å². The van der Waals surface area contributed by atoms with Gasteiger partial charge >= 0.3 is 12.1 Å². The highest BCUT2D eigenvalue weighted by atomic mass is 19.4. The van der Waals surface area contributed by atoms with E-state index in [1.54, 1.807) is 0 Å². The normalized spacial score (nSPS) is 20.3. The Bertz CT molecular complexity index is 316. The van der Waals surface area contributed by atoms with E-state index in [0.717, 1.165) is 0 Å². The van der Waals surface area contributed by atoms with E-state index in [9.17, 15) is 18.0 Å². The first-order valence-electron chi connectivity index (χ1n) is 6.67. The Morgan fingerprint density at radius 2 is 1.70 bits per heavy atom. The Kier molecular flexibility index (Phi) is 6.22. The number of alkyl halides is 3. The maximum Gasteiger partial charge on any atom is 0.401 e. The molecule has 1 aliphatic rings. The van der Waals surface area contributed by atoms with Gasteiger partial charge in [0.15, 0.2) is 0 Å². The van der Waals surface area contributed by atoms with Crippen LogP contribution < -0.4 is 5.32 Å². The van der Waals surface area contributed by atoms with E-state index in [2.05, 4.69) is 5.32 Å². The van der Waals surface area contributed by atoms with Crippen LogP contribution in [0.2, 0.25) is 0 Å². The summed E-state index contributed by atoms with van der Waals surface area (Å²) >= 11 is 0. The fraction of sp³-hybridized carbons (Fsp3) is 0.917. The van der Waals surface area contributed by atoms with Gasteiger partial charge in [-0.05, 0) is 0 Å². The second-order valence-corrected chi connectivity index (χ2v) is 5.40. The van der Waals surface area contributed by atoms with Crippen molar-refractivity contribution in [3.8, 4) is 0 Å². The molecule has 1 aliphatic heterocycles. The molecule has 0 aromatic rings. The number of hydrogen-bond donors (Lipinski definition) is 2. The number of carboxylic acids is 1. The van der Waals surface area contributed by atoms with E-state index < -0.39 is 24.7 Å². The number of halogens is 3. The summed E-state index contributed by atoms with van der Waals surface area (Å²) in [4.78, 5) is 14.4. The molecule has 0 aliphatic carbocycles. The van der Waals surface area contributed by atoms with Crippen LogP contribution in [0, 0.1) is 0 Å². The van der Waals surface area contributed by atoms with E-state index in [-0.39, 0.29) is 6.04 Å². The number of nitrogens with one attached hydrogen (secondary N) is 1. The fourth-order valence-corrected chi connectivity index (χ4v) is 2.25. The van der Waals surface area contributed by atoms with Crippen LogP contribution in [-0.2, 0) is 4.79 Å². The second kappa shape index (κ2) is 7.24. The van der Waals surface area contributed by atoms with Gasteiger partial charge in [-0.25, -0.2) is 0 Å². The second-order valence-electron chi connectivity index (χ2n) is 5.40. The highest BCUT2D eigenvalue weighted by Gasteiger charge is 2.32. The molecule has 1 rings (SSSR count). The molecular formula is C12H22F3N3O2. The summed E-state index contributed by atoms with van der Waals surface area (Å²) < 4.78 is 36.8. The average molecular weight is 297 g/mol. The molecule has 20 heavy (non-hydrogen) atoms. The lowest BCUT2D eigenvalue weighted by Crippen LogP contribution is -2.54. The minimum absolute atomic E-state index is 0.0441. The van der Waals surface area contributed by atoms with Crippen molar-refractivity contribution >= 4 is 5.97 Å². The van der Waals surface area contributed by atoms with Crippen molar-refractivity contribution in [2.24, 2.45) is 0 Å². The van der Waals surface area contributed by atoms with E-state index >= 15 is 0 Å². The molecule has 0 aromatic carbocycles. The number of piperazine rings is 1. The van der Waals surface area contributed by atoms with Crippen molar-refractivity contribution in [2.75, 3.05) is 39.3 Å². The Morgan fingerprint density at radius 1 is 1.20 bits per heavy atom. The van der Waals surface area contributed by atoms with Crippen LogP contribution in [0.1, 0.15) is 13.8 Å². The Hall–Kier alpha value is -0.860. The van der Waals surface area contributed by atoms with Gasteiger partial charge in [0.05, 0.1) is 6.54 Å². The van der Waals surface area contributed by atoms with Crippen molar-refractivity contribution in [1.29, 1.82) is 0 Å². The van der Waals surface area contributed by atoms with E-state index in [4.69, 9.17) is 5.11 Å². The number of carbonyl (C=O) groups is 1. The van der Waals surface area contributed by atoms with Crippen LogP contribution >= 0.6 is 0 Å². The molecule has 0 amide bonds. The molecule has 5 nitrogen and oxygen atoms in total. The lowest BCUT2D eigenvalue weighted by atomic mass is 10.2. The topological polar surface area (TPSA) is 55.8 Å². The number of aliphatic carboxylic acids is 1. The summed E-state index contributed by atoms with van der Waals surface area (Å²) in [6.45, 7) is 4.68. The zero-order valence-electron chi connectivity index (χ0n) is 11.8. The molecule has 1 fully saturated rings. The molecule has 0 radical (unpaired) electrons. The zero-order chi connectivity index (χ0) is 15.3. The molecule has 1 heterocycles. The molecule has 1 unspecified atom stereocenters. The van der Waals surface area contributed by atoms with Crippen LogP contribution in [0.4, 0.5) is 13.2 Å². The molecule has 0 bridgehead atoms. The molecule has 2 N–H and O–H groups in total. The van der Waals surface area contributed by atoms with Crippen molar-refractivity contribution in [2.45, 2.75) is 32.1 Å². The van der Waals surface area contributed by atoms with Gasteiger partial charge in [0.2, 0.25) is 0 Å². The first-order valence-corrected chi connectivity index (χ1v) is 6.67.